The van der Waals surface area contributed by atoms with Gasteiger partial charge in [0.1, 0.15) is 27.4 Å². The predicted molar refractivity (Wildman–Crippen MR) is 172 cm³/mol. The molecule has 44 heavy (non-hydrogen) atoms. The summed E-state index contributed by atoms with van der Waals surface area (Å²) in [5.74, 6) is 1.82. The first-order chi connectivity index (χ1) is 21.3. The zero-order valence-electron chi connectivity index (χ0n) is 25.0. The van der Waals surface area contributed by atoms with Gasteiger partial charge in [0, 0.05) is 48.7 Å². The second-order valence-corrected chi connectivity index (χ2v) is 12.1. The molecule has 1 aromatic carbocycles. The third kappa shape index (κ3) is 5.77. The highest BCUT2D eigenvalue weighted by Gasteiger charge is 2.38. The van der Waals surface area contributed by atoms with Crippen LogP contribution >= 0.6 is 23.2 Å². The molecule has 1 amide bonds. The number of amides is 1. The van der Waals surface area contributed by atoms with Gasteiger partial charge >= 0.3 is 0 Å². The molecule has 2 N–H and O–H groups in total. The van der Waals surface area contributed by atoms with E-state index in [-0.39, 0.29) is 18.0 Å². The Morgan fingerprint density at radius 3 is 2.48 bits per heavy atom. The Morgan fingerprint density at radius 1 is 1.09 bits per heavy atom. The van der Waals surface area contributed by atoms with E-state index in [4.69, 9.17) is 47.6 Å². The van der Waals surface area contributed by atoms with E-state index in [0.29, 0.717) is 51.6 Å². The van der Waals surface area contributed by atoms with E-state index in [1.807, 2.05) is 23.2 Å². The van der Waals surface area contributed by atoms with E-state index >= 15 is 0 Å². The maximum atomic E-state index is 12.3. The van der Waals surface area contributed by atoms with Crippen molar-refractivity contribution in [3.05, 3.63) is 58.9 Å². The van der Waals surface area contributed by atoms with Crippen LogP contribution in [0.15, 0.2) is 43.2 Å². The average molecular weight is 640 g/mol. The SMILES string of the molecule is C=CC(=O)NC1CN(C2CCN(C)CC2)CC1Nc1ncc2c(n1)-c1cccnc1N(c1c(Cl)c(OC)cc(OC)c1Cl)C2. The Balaban J connectivity index is 1.30. The molecule has 2 fully saturated rings. The van der Waals surface area contributed by atoms with E-state index in [0.717, 1.165) is 55.8 Å². The number of halogens is 2. The summed E-state index contributed by atoms with van der Waals surface area (Å²) in [6, 6.07) is 5.78. The normalized spacial score (nSPS) is 20.5. The molecular weight excluding hydrogens is 603 g/mol. The summed E-state index contributed by atoms with van der Waals surface area (Å²) in [5.41, 5.74) is 2.98. The Bertz CT molecular complexity index is 1540. The van der Waals surface area contributed by atoms with Crippen LogP contribution in [0.5, 0.6) is 11.5 Å². The highest BCUT2D eigenvalue weighted by molar-refractivity contribution is 6.41. The molecular formula is C31H36Cl2N8O3. The van der Waals surface area contributed by atoms with Gasteiger partial charge in [-0.15, -0.1) is 0 Å². The van der Waals surface area contributed by atoms with E-state index < -0.39 is 0 Å². The lowest BCUT2D eigenvalue weighted by molar-refractivity contribution is -0.117. The van der Waals surface area contributed by atoms with Crippen molar-refractivity contribution < 1.29 is 14.3 Å². The van der Waals surface area contributed by atoms with E-state index in [1.54, 1.807) is 26.5 Å². The lowest BCUT2D eigenvalue weighted by Crippen LogP contribution is -2.46. The lowest BCUT2D eigenvalue weighted by Gasteiger charge is -2.35. The van der Waals surface area contributed by atoms with Crippen molar-refractivity contribution in [3.8, 4) is 22.8 Å². The molecule has 0 spiro atoms. The molecule has 0 aliphatic carbocycles. The van der Waals surface area contributed by atoms with Crippen LogP contribution in [0, 0.1) is 0 Å². The van der Waals surface area contributed by atoms with E-state index in [2.05, 4.69) is 34.1 Å². The van der Waals surface area contributed by atoms with E-state index in [1.165, 1.54) is 6.08 Å². The molecule has 3 aliphatic rings. The van der Waals surface area contributed by atoms with Gasteiger partial charge in [0.2, 0.25) is 11.9 Å². The number of benzene rings is 1. The fourth-order valence-electron chi connectivity index (χ4n) is 6.35. The maximum Gasteiger partial charge on any atom is 0.243 e. The number of hydrogen-bond donors (Lipinski definition) is 2. The smallest absolute Gasteiger partial charge is 0.243 e. The first-order valence-corrected chi connectivity index (χ1v) is 15.4. The zero-order chi connectivity index (χ0) is 31.0. The summed E-state index contributed by atoms with van der Waals surface area (Å²) in [6.07, 6.45) is 7.06. The number of fused-ring (bicyclic) bond motifs is 3. The number of likely N-dealkylation sites (tertiary alicyclic amines) is 2. The standard InChI is InChI=1S/C31H36Cl2N8O3/c1-5-25(42)36-21-16-40(19-8-11-39(2)12-9-19)17-22(21)37-31-35-14-18-15-41(30-20(28(18)38-31)7-6-10-34-30)29-26(32)23(43-3)13-24(44-4)27(29)33/h5-7,10,13-14,19,21-22H,1,8-9,11-12,15-17H2,2-4H3,(H,36,42)(H,35,37,38). The molecule has 3 aliphatic heterocycles. The molecule has 3 aromatic rings. The number of carbonyl (C=O) groups is 1. The lowest BCUT2D eigenvalue weighted by atomic mass is 10.0. The largest absolute Gasteiger partial charge is 0.495 e. The van der Waals surface area contributed by atoms with Gasteiger partial charge in [-0.2, -0.15) is 0 Å². The number of aromatic nitrogens is 3. The van der Waals surface area contributed by atoms with Crippen molar-refractivity contribution >= 4 is 46.6 Å². The van der Waals surface area contributed by atoms with Crippen LogP contribution in [0.3, 0.4) is 0 Å². The number of pyridine rings is 1. The van der Waals surface area contributed by atoms with Crippen molar-refractivity contribution in [2.24, 2.45) is 0 Å². The number of nitrogens with zero attached hydrogens (tertiary/aromatic N) is 6. The quantitative estimate of drug-likeness (QED) is 0.345. The van der Waals surface area contributed by atoms with Crippen molar-refractivity contribution in [1.82, 2.24) is 30.1 Å². The number of anilines is 3. The maximum absolute atomic E-state index is 12.3. The Morgan fingerprint density at radius 2 is 1.80 bits per heavy atom. The molecule has 2 saturated heterocycles. The molecule has 0 radical (unpaired) electrons. The van der Waals surface area contributed by atoms with Gasteiger partial charge in [-0.05, 0) is 51.2 Å². The van der Waals surface area contributed by atoms with Crippen LogP contribution in [0.2, 0.25) is 10.0 Å². The first kappa shape index (κ1) is 30.4. The molecule has 2 unspecified atom stereocenters. The van der Waals surface area contributed by atoms with Crippen LogP contribution in [0.25, 0.3) is 11.3 Å². The highest BCUT2D eigenvalue weighted by atomic mass is 35.5. The molecule has 2 atom stereocenters. The van der Waals surface area contributed by atoms with Crippen molar-refractivity contribution in [2.75, 3.05) is 57.7 Å². The average Bonchev–Trinajstić information content (AvgIpc) is 3.43. The molecule has 6 rings (SSSR count). The number of rotatable bonds is 8. The van der Waals surface area contributed by atoms with Crippen molar-refractivity contribution in [1.29, 1.82) is 0 Å². The highest BCUT2D eigenvalue weighted by Crippen LogP contribution is 2.51. The summed E-state index contributed by atoms with van der Waals surface area (Å²) in [6.45, 7) is 7.68. The number of piperidine rings is 1. The summed E-state index contributed by atoms with van der Waals surface area (Å²) < 4.78 is 11.0. The minimum atomic E-state index is -0.190. The summed E-state index contributed by atoms with van der Waals surface area (Å²) in [7, 11) is 5.25. The minimum Gasteiger partial charge on any atom is -0.495 e. The van der Waals surface area contributed by atoms with Crippen LogP contribution < -0.4 is 25.0 Å². The Hall–Kier alpha value is -3.64. The van der Waals surface area contributed by atoms with Crippen LogP contribution in [-0.2, 0) is 11.3 Å². The van der Waals surface area contributed by atoms with Gasteiger partial charge in [-0.3, -0.25) is 9.69 Å². The Kier molecular flexibility index (Phi) is 8.82. The summed E-state index contributed by atoms with van der Waals surface area (Å²) in [5, 5.41) is 7.35. The van der Waals surface area contributed by atoms with Crippen molar-refractivity contribution in [2.45, 2.75) is 37.5 Å². The Labute approximate surface area is 267 Å². The number of methoxy groups -OCH3 is 2. The van der Waals surface area contributed by atoms with E-state index in [9.17, 15) is 4.79 Å². The number of hydrogen-bond acceptors (Lipinski definition) is 10. The third-order valence-corrected chi connectivity index (χ3v) is 9.42. The second kappa shape index (κ2) is 12.8. The molecule has 232 valence electrons. The fraction of sp³-hybridized carbons (Fsp3) is 0.419. The van der Waals surface area contributed by atoms with Gasteiger partial charge in [0.05, 0.1) is 44.2 Å². The molecule has 0 bridgehead atoms. The van der Waals surface area contributed by atoms with Gasteiger partial charge < -0.3 is 29.9 Å². The topological polar surface area (TPSA) is 108 Å². The first-order valence-electron chi connectivity index (χ1n) is 14.6. The minimum absolute atomic E-state index is 0.0769. The predicted octanol–water partition coefficient (Wildman–Crippen LogP) is 4.38. The van der Waals surface area contributed by atoms with Crippen molar-refractivity contribution in [3.63, 3.8) is 0 Å². The molecule has 13 heteroatoms. The molecule has 5 heterocycles. The van der Waals surface area contributed by atoms with Gasteiger partial charge in [-0.1, -0.05) is 29.8 Å². The fourth-order valence-corrected chi connectivity index (χ4v) is 7.06. The second-order valence-electron chi connectivity index (χ2n) is 11.3. The molecule has 11 nitrogen and oxygen atoms in total. The monoisotopic (exact) mass is 638 g/mol. The number of ether oxygens (including phenoxy) is 2. The van der Waals surface area contributed by atoms with Gasteiger partial charge in [0.25, 0.3) is 0 Å². The van der Waals surface area contributed by atoms with Crippen LogP contribution in [-0.4, -0.2) is 96.2 Å². The summed E-state index contributed by atoms with van der Waals surface area (Å²) >= 11 is 13.6. The van der Waals surface area contributed by atoms with Crippen LogP contribution in [0.4, 0.5) is 17.5 Å². The van der Waals surface area contributed by atoms with Crippen LogP contribution in [0.1, 0.15) is 18.4 Å². The summed E-state index contributed by atoms with van der Waals surface area (Å²) in [4.78, 5) is 33.5. The third-order valence-electron chi connectivity index (χ3n) is 8.69. The molecule has 0 saturated carbocycles. The zero-order valence-corrected chi connectivity index (χ0v) is 26.5. The molecule has 2 aromatic heterocycles. The number of carbonyl (C=O) groups excluding carboxylic acids is 1. The number of nitrogens with one attached hydrogen (secondary N) is 2. The van der Waals surface area contributed by atoms with Gasteiger partial charge in [-0.25, -0.2) is 15.0 Å². The van der Waals surface area contributed by atoms with Gasteiger partial charge in [0.15, 0.2) is 0 Å².